The molecule has 0 radical (unpaired) electrons. The van der Waals surface area contributed by atoms with Crippen LogP contribution in [0.15, 0.2) is 77.8 Å². The molecule has 3 aromatic carbocycles. The van der Waals surface area contributed by atoms with E-state index in [0.29, 0.717) is 22.3 Å². The molecule has 0 spiro atoms. The number of benzene rings is 3. The molecule has 0 amide bonds. The fourth-order valence-electron chi connectivity index (χ4n) is 3.57. The lowest BCUT2D eigenvalue weighted by atomic mass is 10.0. The van der Waals surface area contributed by atoms with Crippen molar-refractivity contribution in [2.45, 2.75) is 6.92 Å². The summed E-state index contributed by atoms with van der Waals surface area (Å²) in [4.78, 5) is 32.4. The van der Waals surface area contributed by atoms with E-state index in [-0.39, 0.29) is 5.56 Å². The lowest BCUT2D eigenvalue weighted by molar-refractivity contribution is -0.596. The number of hydrogen-bond acceptors (Lipinski definition) is 8. The largest absolute Gasteiger partial charge is 0.504 e. The number of hydrogen-bond donors (Lipinski definition) is 1. The quantitative estimate of drug-likeness (QED) is 0.108. The summed E-state index contributed by atoms with van der Waals surface area (Å²) < 4.78 is 3.25. The second-order valence-corrected chi connectivity index (χ2v) is 8.68. The molecule has 1 N–H and O–H groups in total. The Bertz CT molecular complexity index is 1550. The van der Waals surface area contributed by atoms with E-state index in [1.807, 2.05) is 19.1 Å². The first-order valence-electron chi connectivity index (χ1n) is 10.4. The molecule has 14 heteroatoms. The third-order valence-electron chi connectivity index (χ3n) is 5.36. The highest BCUT2D eigenvalue weighted by Crippen LogP contribution is 2.41. The van der Waals surface area contributed by atoms with E-state index in [1.165, 1.54) is 29.4 Å². The summed E-state index contributed by atoms with van der Waals surface area (Å²) in [5.74, 6) is -0.577. The predicted molar refractivity (Wildman–Crippen MR) is 134 cm³/mol. The molecule has 0 atom stereocenters. The molecule has 37 heavy (non-hydrogen) atoms. The van der Waals surface area contributed by atoms with E-state index in [9.17, 15) is 35.4 Å². The Morgan fingerprint density at radius 3 is 2.00 bits per heavy atom. The van der Waals surface area contributed by atoms with E-state index in [4.69, 9.17) is 0 Å². The average Bonchev–Trinajstić information content (AvgIpc) is 3.34. The molecule has 0 saturated heterocycles. The van der Waals surface area contributed by atoms with Gasteiger partial charge in [0.2, 0.25) is 12.0 Å². The second kappa shape index (κ2) is 9.94. The molecular weight excluding hydrogens is 552 g/mol. The van der Waals surface area contributed by atoms with Crippen molar-refractivity contribution in [3.63, 3.8) is 0 Å². The Hall–Kier alpha value is -4.98. The third-order valence-corrected chi connectivity index (χ3v) is 5.89. The maximum absolute atomic E-state index is 12.0. The number of aliphatic hydroxyl groups is 1. The normalized spacial score (nSPS) is 11.6. The summed E-state index contributed by atoms with van der Waals surface area (Å²) in [6.45, 7) is 1.90. The van der Waals surface area contributed by atoms with Crippen LogP contribution in [0.25, 0.3) is 17.1 Å². The minimum atomic E-state index is -0.984. The van der Waals surface area contributed by atoms with Crippen LogP contribution >= 0.6 is 15.9 Å². The average molecular weight is 568 g/mol. The lowest BCUT2D eigenvalue weighted by Gasteiger charge is -2.09. The maximum Gasteiger partial charge on any atom is 0.294 e. The van der Waals surface area contributed by atoms with Gasteiger partial charge in [0.15, 0.2) is 11.3 Å². The van der Waals surface area contributed by atoms with Gasteiger partial charge in [-0.15, -0.1) is 0 Å². The summed E-state index contributed by atoms with van der Waals surface area (Å²) in [6, 6.07) is 14.6. The number of rotatable bonds is 7. The van der Waals surface area contributed by atoms with Gasteiger partial charge >= 0.3 is 0 Å². The van der Waals surface area contributed by atoms with Crippen LogP contribution in [-0.4, -0.2) is 29.7 Å². The molecule has 0 aliphatic carbocycles. The van der Waals surface area contributed by atoms with Gasteiger partial charge in [-0.25, -0.2) is 4.57 Å². The van der Waals surface area contributed by atoms with Gasteiger partial charge in [0.1, 0.15) is 5.69 Å². The molecule has 0 saturated carbocycles. The zero-order valence-electron chi connectivity index (χ0n) is 18.9. The van der Waals surface area contributed by atoms with Gasteiger partial charge in [-0.1, -0.05) is 50.4 Å². The first kappa shape index (κ1) is 25.1. The van der Waals surface area contributed by atoms with Crippen LogP contribution in [0, 0.1) is 37.3 Å². The molecule has 13 nitrogen and oxygen atoms in total. The van der Waals surface area contributed by atoms with Gasteiger partial charge in [-0.2, -0.15) is 0 Å². The molecule has 1 heterocycles. The standard InChI is InChI=1S/C23H15BrN6O7/c1-14-2-8-17(9-3-14)26-12-25-27(13-26)22(23(31)15-4-6-16(24)7-5-15)21-19(29(34)35)10-18(28(32)33)11-20(21)30(36)37/h2-13H,1H3/p+1/b23-22+. The van der Waals surface area contributed by atoms with Crippen molar-refractivity contribution in [2.24, 2.45) is 0 Å². The van der Waals surface area contributed by atoms with Crippen molar-refractivity contribution in [3.05, 3.63) is 125 Å². The number of aryl methyl sites for hydroxylation is 1. The number of nitrogens with zero attached hydrogens (tertiary/aromatic N) is 6. The Kier molecular flexibility index (Phi) is 6.75. The Labute approximate surface area is 216 Å². The summed E-state index contributed by atoms with van der Waals surface area (Å²) in [5, 5.41) is 50.8. The van der Waals surface area contributed by atoms with Crippen LogP contribution < -0.4 is 4.57 Å². The van der Waals surface area contributed by atoms with E-state index < -0.39 is 48.9 Å². The Balaban J connectivity index is 2.07. The first-order valence-corrected chi connectivity index (χ1v) is 11.2. The highest BCUT2D eigenvalue weighted by atomic mass is 79.9. The van der Waals surface area contributed by atoms with Gasteiger partial charge in [0.05, 0.1) is 26.9 Å². The van der Waals surface area contributed by atoms with Gasteiger partial charge in [0.25, 0.3) is 23.4 Å². The van der Waals surface area contributed by atoms with Crippen molar-refractivity contribution < 1.29 is 24.4 Å². The number of aromatic nitrogens is 3. The minimum absolute atomic E-state index is 0.164. The zero-order valence-corrected chi connectivity index (χ0v) is 20.5. The predicted octanol–water partition coefficient (Wildman–Crippen LogP) is 4.89. The maximum atomic E-state index is 12.0. The second-order valence-electron chi connectivity index (χ2n) is 7.77. The molecule has 0 unspecified atom stereocenters. The first-order chi connectivity index (χ1) is 17.6. The lowest BCUT2D eigenvalue weighted by Crippen LogP contribution is -2.27. The highest BCUT2D eigenvalue weighted by Gasteiger charge is 2.38. The van der Waals surface area contributed by atoms with E-state index >= 15 is 0 Å². The number of halogens is 1. The van der Waals surface area contributed by atoms with Gasteiger partial charge in [-0.05, 0) is 31.2 Å². The smallest absolute Gasteiger partial charge is 0.294 e. The van der Waals surface area contributed by atoms with Gasteiger partial charge in [0, 0.05) is 15.1 Å². The van der Waals surface area contributed by atoms with E-state index in [2.05, 4.69) is 21.0 Å². The monoisotopic (exact) mass is 567 g/mol. The summed E-state index contributed by atoms with van der Waals surface area (Å²) in [7, 11) is 0. The van der Waals surface area contributed by atoms with Crippen LogP contribution in [0.2, 0.25) is 0 Å². The molecular formula is C23H16BrN6O7+. The topological polar surface area (TPSA) is 171 Å². The van der Waals surface area contributed by atoms with Crippen LogP contribution in [-0.2, 0) is 0 Å². The number of nitro benzene ring substituents is 3. The van der Waals surface area contributed by atoms with Crippen molar-refractivity contribution in [1.82, 2.24) is 9.78 Å². The summed E-state index contributed by atoms with van der Waals surface area (Å²) >= 11 is 3.28. The zero-order chi connectivity index (χ0) is 26.9. The molecule has 4 aromatic rings. The fraction of sp³-hybridized carbons (Fsp3) is 0.0435. The SMILES string of the molecule is Cc1ccc(-[n+]2cnn(/C(=C(/O)c3ccc(Br)cc3)c3c([N+](=O)[O-])cc([N+](=O)[O-])cc3[N+](=O)[O-])c2)cc1. The fourth-order valence-corrected chi connectivity index (χ4v) is 3.84. The van der Waals surface area contributed by atoms with E-state index in [1.54, 1.807) is 24.3 Å². The summed E-state index contributed by atoms with van der Waals surface area (Å²) in [6.07, 6.45) is 2.71. The third kappa shape index (κ3) is 5.04. The van der Waals surface area contributed by atoms with Crippen LogP contribution in [0.4, 0.5) is 17.1 Å². The van der Waals surface area contributed by atoms with E-state index in [0.717, 1.165) is 10.2 Å². The van der Waals surface area contributed by atoms with Gasteiger partial charge < -0.3 is 5.11 Å². The van der Waals surface area contributed by atoms with Crippen molar-refractivity contribution >= 4 is 44.4 Å². The number of aliphatic hydroxyl groups excluding tert-OH is 1. The molecule has 1 aromatic heterocycles. The molecule has 186 valence electrons. The van der Waals surface area contributed by atoms with Crippen LogP contribution in [0.1, 0.15) is 16.7 Å². The highest BCUT2D eigenvalue weighted by molar-refractivity contribution is 9.10. The van der Waals surface area contributed by atoms with Crippen LogP contribution in [0.3, 0.4) is 0 Å². The van der Waals surface area contributed by atoms with Crippen LogP contribution in [0.5, 0.6) is 0 Å². The molecule has 0 aliphatic rings. The molecule has 0 bridgehead atoms. The molecule has 0 fully saturated rings. The Morgan fingerprint density at radius 2 is 1.49 bits per heavy atom. The van der Waals surface area contributed by atoms with Gasteiger partial charge in [-0.3, -0.25) is 30.3 Å². The molecule has 4 rings (SSSR count). The number of nitro groups is 3. The molecule has 0 aliphatic heterocycles. The minimum Gasteiger partial charge on any atom is -0.504 e. The number of non-ortho nitro benzene ring substituents is 1. The Morgan fingerprint density at radius 1 is 0.919 bits per heavy atom. The van der Waals surface area contributed by atoms with Crippen molar-refractivity contribution in [3.8, 4) is 5.69 Å². The van der Waals surface area contributed by atoms with Crippen molar-refractivity contribution in [1.29, 1.82) is 0 Å². The summed E-state index contributed by atoms with van der Waals surface area (Å²) in [5.41, 5.74) is -1.98. The van der Waals surface area contributed by atoms with Crippen molar-refractivity contribution in [2.75, 3.05) is 0 Å².